The van der Waals surface area contributed by atoms with Crippen LogP contribution in [0.4, 0.5) is 0 Å². The van der Waals surface area contributed by atoms with Crippen molar-refractivity contribution < 1.29 is 10.2 Å². The molecule has 1 aromatic heterocycles. The molecule has 0 aromatic carbocycles. The van der Waals surface area contributed by atoms with Gasteiger partial charge in [-0.1, -0.05) is 0 Å². The zero-order valence-corrected chi connectivity index (χ0v) is 6.84. The number of aliphatic hydroxyl groups excluding tert-OH is 2. The van der Waals surface area contributed by atoms with Gasteiger partial charge in [-0.3, -0.25) is 0 Å². The quantitative estimate of drug-likeness (QED) is 0.613. The Balaban J connectivity index is 2.83. The van der Waals surface area contributed by atoms with Crippen molar-refractivity contribution in [2.24, 2.45) is 5.73 Å². The smallest absolute Gasteiger partial charge is 0.0777 e. The molecule has 62 valence electrons. The summed E-state index contributed by atoms with van der Waals surface area (Å²) in [5.74, 6) is 0. The van der Waals surface area contributed by atoms with Crippen LogP contribution in [0.1, 0.15) is 16.5 Å². The second-order valence-electron chi connectivity index (χ2n) is 2.25. The van der Waals surface area contributed by atoms with Crippen LogP contribution in [0.5, 0.6) is 0 Å². The average molecular weight is 173 g/mol. The van der Waals surface area contributed by atoms with Gasteiger partial charge in [0.15, 0.2) is 0 Å². The lowest BCUT2D eigenvalue weighted by Gasteiger charge is -2.07. The van der Waals surface area contributed by atoms with Crippen LogP contribution in [0.3, 0.4) is 0 Å². The second kappa shape index (κ2) is 3.82. The highest BCUT2D eigenvalue weighted by Gasteiger charge is 2.09. The van der Waals surface area contributed by atoms with Crippen molar-refractivity contribution in [3.05, 3.63) is 21.9 Å². The Hall–Kier alpha value is -0.420. The lowest BCUT2D eigenvalue weighted by molar-refractivity contribution is 0.261. The molecule has 0 bridgehead atoms. The SMILES string of the molecule is N[C@H](CO)c1ccsc1CO. The first-order chi connectivity index (χ1) is 5.29. The summed E-state index contributed by atoms with van der Waals surface area (Å²) in [7, 11) is 0. The molecule has 1 atom stereocenters. The first-order valence-electron chi connectivity index (χ1n) is 3.33. The first-order valence-corrected chi connectivity index (χ1v) is 4.21. The molecule has 0 saturated heterocycles. The van der Waals surface area contributed by atoms with Crippen LogP contribution in [-0.2, 0) is 6.61 Å². The van der Waals surface area contributed by atoms with Crippen LogP contribution in [0.25, 0.3) is 0 Å². The molecule has 0 radical (unpaired) electrons. The summed E-state index contributed by atoms with van der Waals surface area (Å²) in [5.41, 5.74) is 6.41. The Labute approximate surface area is 69.1 Å². The van der Waals surface area contributed by atoms with Crippen LogP contribution in [-0.4, -0.2) is 16.8 Å². The topological polar surface area (TPSA) is 66.5 Å². The van der Waals surface area contributed by atoms with Gasteiger partial charge < -0.3 is 15.9 Å². The van der Waals surface area contributed by atoms with Crippen molar-refractivity contribution in [1.82, 2.24) is 0 Å². The fraction of sp³-hybridized carbons (Fsp3) is 0.429. The number of nitrogens with two attached hydrogens (primary N) is 1. The van der Waals surface area contributed by atoms with Crippen LogP contribution < -0.4 is 5.73 Å². The zero-order valence-electron chi connectivity index (χ0n) is 6.03. The molecule has 4 heteroatoms. The third kappa shape index (κ3) is 1.78. The maximum absolute atomic E-state index is 8.82. The standard InChI is InChI=1S/C7H11NO2S/c8-6(3-9)5-1-2-11-7(5)4-10/h1-2,6,9-10H,3-4,8H2/t6-/m1/s1. The largest absolute Gasteiger partial charge is 0.394 e. The van der Waals surface area contributed by atoms with Gasteiger partial charge in [-0.15, -0.1) is 11.3 Å². The molecule has 0 aliphatic rings. The van der Waals surface area contributed by atoms with E-state index in [1.54, 1.807) is 0 Å². The third-order valence-electron chi connectivity index (χ3n) is 1.52. The molecule has 0 aliphatic carbocycles. The Morgan fingerprint density at radius 2 is 2.27 bits per heavy atom. The highest BCUT2D eigenvalue weighted by atomic mass is 32.1. The zero-order chi connectivity index (χ0) is 8.27. The van der Waals surface area contributed by atoms with E-state index in [4.69, 9.17) is 15.9 Å². The minimum Gasteiger partial charge on any atom is -0.394 e. The molecule has 1 rings (SSSR count). The van der Waals surface area contributed by atoms with Gasteiger partial charge in [0.25, 0.3) is 0 Å². The van der Waals surface area contributed by atoms with Gasteiger partial charge in [-0.25, -0.2) is 0 Å². The lowest BCUT2D eigenvalue weighted by Crippen LogP contribution is -2.14. The fourth-order valence-corrected chi connectivity index (χ4v) is 1.72. The summed E-state index contributed by atoms with van der Waals surface area (Å²) in [6.07, 6.45) is 0. The van der Waals surface area contributed by atoms with Crippen molar-refractivity contribution in [2.45, 2.75) is 12.6 Å². The van der Waals surface area contributed by atoms with E-state index in [-0.39, 0.29) is 19.3 Å². The monoisotopic (exact) mass is 173 g/mol. The molecule has 1 heterocycles. The van der Waals surface area contributed by atoms with Crippen LogP contribution in [0.15, 0.2) is 11.4 Å². The van der Waals surface area contributed by atoms with E-state index in [2.05, 4.69) is 0 Å². The first kappa shape index (κ1) is 8.67. The summed E-state index contributed by atoms with van der Waals surface area (Å²) >= 11 is 1.45. The predicted molar refractivity (Wildman–Crippen MR) is 44.3 cm³/mol. The Bertz CT molecular complexity index is 224. The summed E-state index contributed by atoms with van der Waals surface area (Å²) in [4.78, 5) is 0.839. The van der Waals surface area contributed by atoms with Gasteiger partial charge in [0, 0.05) is 4.88 Å². The van der Waals surface area contributed by atoms with E-state index in [1.165, 1.54) is 11.3 Å². The van der Waals surface area contributed by atoms with Crippen LogP contribution in [0.2, 0.25) is 0 Å². The average Bonchev–Trinajstić information content (AvgIpc) is 2.50. The maximum Gasteiger partial charge on any atom is 0.0777 e. The molecule has 3 nitrogen and oxygen atoms in total. The molecule has 0 amide bonds. The molecule has 11 heavy (non-hydrogen) atoms. The second-order valence-corrected chi connectivity index (χ2v) is 3.25. The van der Waals surface area contributed by atoms with Gasteiger partial charge in [-0.2, -0.15) is 0 Å². The summed E-state index contributed by atoms with van der Waals surface area (Å²) in [6.45, 7) is -0.0789. The predicted octanol–water partition coefficient (Wildman–Crippen LogP) is 0.232. The van der Waals surface area contributed by atoms with Crippen molar-refractivity contribution in [3.8, 4) is 0 Å². The molecule has 0 unspecified atom stereocenters. The Kier molecular flexibility index (Phi) is 3.02. The van der Waals surface area contributed by atoms with Gasteiger partial charge in [0.05, 0.1) is 19.3 Å². The molecule has 0 aliphatic heterocycles. The minimum absolute atomic E-state index is 0.000694. The molecule has 0 saturated carbocycles. The molecule has 1 aromatic rings. The molecular formula is C7H11NO2S. The molecule has 4 N–H and O–H groups in total. The number of aliphatic hydroxyl groups is 2. The normalized spacial score (nSPS) is 13.4. The van der Waals surface area contributed by atoms with E-state index in [0.717, 1.165) is 10.4 Å². The van der Waals surface area contributed by atoms with E-state index in [9.17, 15) is 0 Å². The highest BCUT2D eigenvalue weighted by molar-refractivity contribution is 7.10. The third-order valence-corrected chi connectivity index (χ3v) is 2.44. The fourth-order valence-electron chi connectivity index (χ4n) is 0.908. The van der Waals surface area contributed by atoms with Gasteiger partial charge in [0.2, 0.25) is 0 Å². The summed E-state index contributed by atoms with van der Waals surface area (Å²) < 4.78 is 0. The molecule has 0 fully saturated rings. The maximum atomic E-state index is 8.82. The van der Waals surface area contributed by atoms with E-state index < -0.39 is 0 Å². The van der Waals surface area contributed by atoms with Gasteiger partial charge >= 0.3 is 0 Å². The molecule has 0 spiro atoms. The van der Waals surface area contributed by atoms with E-state index >= 15 is 0 Å². The summed E-state index contributed by atoms with van der Waals surface area (Å²) in [6, 6.07) is 1.47. The van der Waals surface area contributed by atoms with Gasteiger partial charge in [0.1, 0.15) is 0 Å². The van der Waals surface area contributed by atoms with Crippen LogP contribution in [0, 0.1) is 0 Å². The Morgan fingerprint density at radius 1 is 1.55 bits per heavy atom. The highest BCUT2D eigenvalue weighted by Crippen LogP contribution is 2.21. The number of hydrogen-bond acceptors (Lipinski definition) is 4. The van der Waals surface area contributed by atoms with E-state index in [1.807, 2.05) is 11.4 Å². The Morgan fingerprint density at radius 3 is 2.82 bits per heavy atom. The lowest BCUT2D eigenvalue weighted by atomic mass is 10.1. The van der Waals surface area contributed by atoms with Crippen LogP contribution >= 0.6 is 11.3 Å². The number of thiophene rings is 1. The van der Waals surface area contributed by atoms with Crippen molar-refractivity contribution in [2.75, 3.05) is 6.61 Å². The molecular weight excluding hydrogens is 162 g/mol. The van der Waals surface area contributed by atoms with Crippen molar-refractivity contribution in [3.63, 3.8) is 0 Å². The number of rotatable bonds is 3. The minimum atomic E-state index is -0.358. The van der Waals surface area contributed by atoms with Crippen molar-refractivity contribution in [1.29, 1.82) is 0 Å². The van der Waals surface area contributed by atoms with E-state index in [0.29, 0.717) is 0 Å². The number of hydrogen-bond donors (Lipinski definition) is 3. The summed E-state index contributed by atoms with van der Waals surface area (Å²) in [5, 5.41) is 19.4. The van der Waals surface area contributed by atoms with Crippen molar-refractivity contribution >= 4 is 11.3 Å². The van der Waals surface area contributed by atoms with Gasteiger partial charge in [-0.05, 0) is 17.0 Å².